The van der Waals surface area contributed by atoms with Gasteiger partial charge in [-0.3, -0.25) is 0 Å². The van der Waals surface area contributed by atoms with Crippen molar-refractivity contribution in [3.8, 4) is 0 Å². The summed E-state index contributed by atoms with van der Waals surface area (Å²) in [6.45, 7) is 0.368. The van der Waals surface area contributed by atoms with Crippen molar-refractivity contribution < 1.29 is 21.6 Å². The van der Waals surface area contributed by atoms with E-state index >= 15 is 0 Å². The van der Waals surface area contributed by atoms with E-state index in [0.29, 0.717) is 31.4 Å². The first kappa shape index (κ1) is 16.3. The highest BCUT2D eigenvalue weighted by Gasteiger charge is 2.37. The zero-order valence-electron chi connectivity index (χ0n) is 11.4. The largest absolute Gasteiger partial charge is 0.330 e. The number of benzene rings is 1. The van der Waals surface area contributed by atoms with Gasteiger partial charge in [0, 0.05) is 24.7 Å². The third-order valence-electron chi connectivity index (χ3n) is 3.59. The molecule has 21 heavy (non-hydrogen) atoms. The minimum absolute atomic E-state index is 0.0970. The second-order valence-corrected chi connectivity index (χ2v) is 6.87. The van der Waals surface area contributed by atoms with Gasteiger partial charge in [0.05, 0.1) is 0 Å². The van der Waals surface area contributed by atoms with Crippen LogP contribution >= 0.6 is 0 Å². The van der Waals surface area contributed by atoms with E-state index in [2.05, 4.69) is 0 Å². The van der Waals surface area contributed by atoms with Crippen LogP contribution in [-0.2, 0) is 10.0 Å². The van der Waals surface area contributed by atoms with Gasteiger partial charge in [-0.05, 0) is 25.8 Å². The molecule has 0 radical (unpaired) electrons. The van der Waals surface area contributed by atoms with Crippen LogP contribution < -0.4 is 5.73 Å². The molecule has 1 aliphatic carbocycles. The Morgan fingerprint density at radius 2 is 1.76 bits per heavy atom. The Balaban J connectivity index is 2.42. The Kier molecular flexibility index (Phi) is 4.90. The molecule has 1 aromatic carbocycles. The fourth-order valence-electron chi connectivity index (χ4n) is 2.31. The fraction of sp³-hybridized carbons (Fsp3) is 0.538. The molecule has 2 rings (SSSR count). The van der Waals surface area contributed by atoms with Gasteiger partial charge in [-0.25, -0.2) is 21.6 Å². The summed E-state index contributed by atoms with van der Waals surface area (Å²) < 4.78 is 66.6. The number of hydrogen-bond acceptors (Lipinski definition) is 3. The molecular formula is C13H17F3N2O2S. The monoisotopic (exact) mass is 322 g/mol. The molecule has 0 unspecified atom stereocenters. The number of halogens is 3. The van der Waals surface area contributed by atoms with Crippen molar-refractivity contribution in [3.63, 3.8) is 0 Å². The molecule has 0 heterocycles. The van der Waals surface area contributed by atoms with Crippen LogP contribution in [0.3, 0.4) is 0 Å². The van der Waals surface area contributed by atoms with Crippen molar-refractivity contribution in [1.29, 1.82) is 0 Å². The molecule has 118 valence electrons. The molecule has 8 heteroatoms. The van der Waals surface area contributed by atoms with E-state index in [1.54, 1.807) is 0 Å². The van der Waals surface area contributed by atoms with Gasteiger partial charge >= 0.3 is 0 Å². The van der Waals surface area contributed by atoms with Crippen molar-refractivity contribution in [3.05, 3.63) is 29.6 Å². The Bertz CT molecular complexity index is 595. The molecule has 4 nitrogen and oxygen atoms in total. The van der Waals surface area contributed by atoms with Crippen LogP contribution in [0.25, 0.3) is 0 Å². The summed E-state index contributed by atoms with van der Waals surface area (Å²) >= 11 is 0. The molecule has 0 saturated heterocycles. The number of rotatable bonds is 6. The molecule has 1 saturated carbocycles. The van der Waals surface area contributed by atoms with Crippen molar-refractivity contribution in [1.82, 2.24) is 4.31 Å². The molecule has 0 aromatic heterocycles. The third kappa shape index (κ3) is 3.22. The molecule has 0 bridgehead atoms. The van der Waals surface area contributed by atoms with Gasteiger partial charge in [-0.15, -0.1) is 0 Å². The normalized spacial score (nSPS) is 16.2. The zero-order valence-corrected chi connectivity index (χ0v) is 12.2. The summed E-state index contributed by atoms with van der Waals surface area (Å²) in [7, 11) is -4.35. The van der Waals surface area contributed by atoms with E-state index in [1.165, 1.54) is 0 Å². The second kappa shape index (κ2) is 6.33. The summed E-state index contributed by atoms with van der Waals surface area (Å²) in [5, 5.41) is 0. The fourth-order valence-corrected chi connectivity index (χ4v) is 4.13. The highest BCUT2D eigenvalue weighted by molar-refractivity contribution is 7.89. The van der Waals surface area contributed by atoms with Crippen molar-refractivity contribution >= 4 is 10.0 Å². The molecule has 2 N–H and O–H groups in total. The topological polar surface area (TPSA) is 63.4 Å². The summed E-state index contributed by atoms with van der Waals surface area (Å²) in [6, 6.07) is 0.473. The van der Waals surface area contributed by atoms with Crippen molar-refractivity contribution in [2.24, 2.45) is 5.73 Å². The Hall–Kier alpha value is -1.12. The SMILES string of the molecule is NCCCN(C1CCC1)S(=O)(=O)c1c(F)cc(F)cc1F. The maximum atomic E-state index is 13.8. The van der Waals surface area contributed by atoms with Crippen LogP contribution in [0.5, 0.6) is 0 Å². The highest BCUT2D eigenvalue weighted by atomic mass is 32.2. The van der Waals surface area contributed by atoms with E-state index in [9.17, 15) is 21.6 Å². The van der Waals surface area contributed by atoms with Crippen LogP contribution in [0.2, 0.25) is 0 Å². The summed E-state index contributed by atoms with van der Waals surface area (Å²) in [6.07, 6.45) is 2.55. The first-order valence-corrected chi connectivity index (χ1v) is 8.18. The number of sulfonamides is 1. The predicted molar refractivity (Wildman–Crippen MR) is 71.5 cm³/mol. The first-order valence-electron chi connectivity index (χ1n) is 6.74. The first-order chi connectivity index (χ1) is 9.87. The molecule has 0 amide bonds. The van der Waals surface area contributed by atoms with Gasteiger partial charge in [0.25, 0.3) is 0 Å². The lowest BCUT2D eigenvalue weighted by Gasteiger charge is -2.36. The van der Waals surface area contributed by atoms with E-state index in [0.717, 1.165) is 10.7 Å². The molecule has 1 fully saturated rings. The number of hydrogen-bond donors (Lipinski definition) is 1. The van der Waals surface area contributed by atoms with E-state index in [1.807, 2.05) is 0 Å². The molecule has 1 aliphatic rings. The van der Waals surface area contributed by atoms with Crippen LogP contribution in [0.4, 0.5) is 13.2 Å². The van der Waals surface area contributed by atoms with Gasteiger partial charge in [-0.1, -0.05) is 6.42 Å². The lowest BCUT2D eigenvalue weighted by Crippen LogP contribution is -2.45. The van der Waals surface area contributed by atoms with E-state index in [4.69, 9.17) is 5.73 Å². The Morgan fingerprint density at radius 3 is 2.19 bits per heavy atom. The maximum absolute atomic E-state index is 13.8. The van der Waals surface area contributed by atoms with E-state index in [-0.39, 0.29) is 19.1 Å². The minimum Gasteiger partial charge on any atom is -0.330 e. The summed E-state index contributed by atoms with van der Waals surface area (Å²) in [5.74, 6) is -3.98. The average Bonchev–Trinajstić information content (AvgIpc) is 2.29. The zero-order chi connectivity index (χ0) is 15.6. The average molecular weight is 322 g/mol. The molecule has 1 aromatic rings. The van der Waals surface area contributed by atoms with Crippen LogP contribution in [0.15, 0.2) is 17.0 Å². The van der Waals surface area contributed by atoms with Gasteiger partial charge in [0.15, 0.2) is 4.90 Å². The molecular weight excluding hydrogens is 305 g/mol. The standard InChI is InChI=1S/C13H17F3N2O2S/c14-9-7-11(15)13(12(16)8-9)21(19,20)18(6-2-5-17)10-3-1-4-10/h7-8,10H,1-6,17H2. The number of nitrogens with two attached hydrogens (primary N) is 1. The van der Waals surface area contributed by atoms with E-state index < -0.39 is 32.4 Å². The third-order valence-corrected chi connectivity index (χ3v) is 5.60. The lowest BCUT2D eigenvalue weighted by molar-refractivity contribution is 0.217. The van der Waals surface area contributed by atoms with Crippen LogP contribution in [0.1, 0.15) is 25.7 Å². The van der Waals surface area contributed by atoms with Crippen molar-refractivity contribution in [2.75, 3.05) is 13.1 Å². The predicted octanol–water partition coefficient (Wildman–Crippen LogP) is 2.00. The minimum atomic E-state index is -4.35. The smallest absolute Gasteiger partial charge is 0.249 e. The van der Waals surface area contributed by atoms with Crippen LogP contribution in [0, 0.1) is 17.5 Å². The van der Waals surface area contributed by atoms with Crippen molar-refractivity contribution in [2.45, 2.75) is 36.6 Å². The number of nitrogens with zero attached hydrogens (tertiary/aromatic N) is 1. The summed E-state index contributed by atoms with van der Waals surface area (Å²) in [5.41, 5.74) is 5.38. The quantitative estimate of drug-likeness (QED) is 0.871. The highest BCUT2D eigenvalue weighted by Crippen LogP contribution is 2.32. The molecule has 0 spiro atoms. The molecule has 0 aliphatic heterocycles. The lowest BCUT2D eigenvalue weighted by atomic mass is 9.93. The van der Waals surface area contributed by atoms with Gasteiger partial charge < -0.3 is 5.73 Å². The van der Waals surface area contributed by atoms with Crippen LogP contribution in [-0.4, -0.2) is 31.9 Å². The van der Waals surface area contributed by atoms with Gasteiger partial charge in [-0.2, -0.15) is 4.31 Å². The summed E-state index contributed by atoms with van der Waals surface area (Å²) in [4.78, 5) is -1.09. The molecule has 0 atom stereocenters. The maximum Gasteiger partial charge on any atom is 0.249 e. The Labute approximate surface area is 121 Å². The van der Waals surface area contributed by atoms with Gasteiger partial charge in [0.1, 0.15) is 17.5 Å². The van der Waals surface area contributed by atoms with Gasteiger partial charge in [0.2, 0.25) is 10.0 Å². The second-order valence-electron chi connectivity index (χ2n) is 5.04. The Morgan fingerprint density at radius 1 is 1.19 bits per heavy atom.